The highest BCUT2D eigenvalue weighted by atomic mass is 16.6. The third kappa shape index (κ3) is 3.20. The Morgan fingerprint density at radius 1 is 1.29 bits per heavy atom. The van der Waals surface area contributed by atoms with Crippen LogP contribution in [0.15, 0.2) is 36.4 Å². The number of esters is 1. The van der Waals surface area contributed by atoms with E-state index >= 15 is 0 Å². The van der Waals surface area contributed by atoms with Gasteiger partial charge >= 0.3 is 5.97 Å². The molecule has 0 radical (unpaired) electrons. The van der Waals surface area contributed by atoms with E-state index in [-0.39, 0.29) is 5.97 Å². The first kappa shape index (κ1) is 16.3. The summed E-state index contributed by atoms with van der Waals surface area (Å²) in [5, 5.41) is 3.21. The van der Waals surface area contributed by atoms with Crippen LogP contribution >= 0.6 is 0 Å². The normalized spacial score (nSPS) is 23.0. The maximum absolute atomic E-state index is 12.3. The second kappa shape index (κ2) is 6.15. The molecule has 2 atom stereocenters. The molecule has 3 rings (SSSR count). The SMILES string of the molecule is COc1cccc(C2(C)CC(Nc3cc(C)cc(C)n3)C(=O)O2)c1. The van der Waals surface area contributed by atoms with Crippen LogP contribution < -0.4 is 10.1 Å². The zero-order valence-corrected chi connectivity index (χ0v) is 14.4. The number of ether oxygens (including phenoxy) is 2. The molecule has 1 aromatic heterocycles. The molecule has 1 aromatic carbocycles. The van der Waals surface area contributed by atoms with Crippen molar-refractivity contribution in [1.82, 2.24) is 4.98 Å². The van der Waals surface area contributed by atoms with Crippen LogP contribution in [-0.2, 0) is 15.1 Å². The summed E-state index contributed by atoms with van der Waals surface area (Å²) in [6.45, 7) is 5.87. The van der Waals surface area contributed by atoms with Crippen LogP contribution in [0.1, 0.15) is 30.2 Å². The van der Waals surface area contributed by atoms with E-state index in [1.807, 2.05) is 57.2 Å². The predicted molar refractivity (Wildman–Crippen MR) is 92.2 cm³/mol. The number of anilines is 1. The van der Waals surface area contributed by atoms with Crippen molar-refractivity contribution in [2.45, 2.75) is 38.8 Å². The Morgan fingerprint density at radius 3 is 2.79 bits per heavy atom. The molecule has 0 spiro atoms. The zero-order valence-electron chi connectivity index (χ0n) is 14.4. The number of hydrogen-bond donors (Lipinski definition) is 1. The van der Waals surface area contributed by atoms with Crippen LogP contribution in [0.25, 0.3) is 0 Å². The summed E-state index contributed by atoms with van der Waals surface area (Å²) in [5.74, 6) is 1.18. The lowest BCUT2D eigenvalue weighted by Gasteiger charge is -2.23. The van der Waals surface area contributed by atoms with Crippen molar-refractivity contribution in [3.05, 3.63) is 53.2 Å². The van der Waals surface area contributed by atoms with Crippen molar-refractivity contribution in [3.63, 3.8) is 0 Å². The second-order valence-electron chi connectivity index (χ2n) is 6.46. The summed E-state index contributed by atoms with van der Waals surface area (Å²) in [5.41, 5.74) is 2.27. The number of aromatic nitrogens is 1. The molecule has 0 bridgehead atoms. The monoisotopic (exact) mass is 326 g/mol. The van der Waals surface area contributed by atoms with Crippen molar-refractivity contribution in [1.29, 1.82) is 0 Å². The van der Waals surface area contributed by atoms with Crippen molar-refractivity contribution < 1.29 is 14.3 Å². The van der Waals surface area contributed by atoms with Gasteiger partial charge in [-0.05, 0) is 56.2 Å². The molecule has 0 saturated carbocycles. The third-order valence-corrected chi connectivity index (χ3v) is 4.30. The molecule has 2 aromatic rings. The quantitative estimate of drug-likeness (QED) is 0.873. The van der Waals surface area contributed by atoms with E-state index < -0.39 is 11.6 Å². The molecule has 126 valence electrons. The lowest BCUT2D eigenvalue weighted by atomic mass is 9.91. The molecule has 1 aliphatic rings. The molecule has 1 fully saturated rings. The fraction of sp³-hybridized carbons (Fsp3) is 0.368. The molecular formula is C19H22N2O3. The van der Waals surface area contributed by atoms with Gasteiger partial charge in [0.1, 0.15) is 23.2 Å². The van der Waals surface area contributed by atoms with E-state index in [0.29, 0.717) is 12.2 Å². The molecule has 5 nitrogen and oxygen atoms in total. The summed E-state index contributed by atoms with van der Waals surface area (Å²) < 4.78 is 11.0. The molecule has 1 aliphatic heterocycles. The van der Waals surface area contributed by atoms with Crippen LogP contribution in [0.3, 0.4) is 0 Å². The Morgan fingerprint density at radius 2 is 2.08 bits per heavy atom. The van der Waals surface area contributed by atoms with Gasteiger partial charge < -0.3 is 14.8 Å². The lowest BCUT2D eigenvalue weighted by Crippen LogP contribution is -2.25. The van der Waals surface area contributed by atoms with Crippen LogP contribution in [0, 0.1) is 13.8 Å². The van der Waals surface area contributed by atoms with Gasteiger partial charge in [0, 0.05) is 12.1 Å². The highest BCUT2D eigenvalue weighted by Gasteiger charge is 2.45. The number of hydrogen-bond acceptors (Lipinski definition) is 5. The van der Waals surface area contributed by atoms with E-state index in [4.69, 9.17) is 9.47 Å². The average molecular weight is 326 g/mol. The van der Waals surface area contributed by atoms with Crippen molar-refractivity contribution in [2.75, 3.05) is 12.4 Å². The first-order valence-electron chi connectivity index (χ1n) is 7.99. The number of carbonyl (C=O) groups is 1. The first-order valence-corrected chi connectivity index (χ1v) is 7.99. The fourth-order valence-corrected chi connectivity index (χ4v) is 3.14. The van der Waals surface area contributed by atoms with Crippen LogP contribution in [0.2, 0.25) is 0 Å². The molecular weight excluding hydrogens is 304 g/mol. The van der Waals surface area contributed by atoms with Gasteiger partial charge in [-0.25, -0.2) is 9.78 Å². The summed E-state index contributed by atoms with van der Waals surface area (Å²) in [7, 11) is 1.62. The van der Waals surface area contributed by atoms with Gasteiger partial charge in [-0.1, -0.05) is 12.1 Å². The molecule has 24 heavy (non-hydrogen) atoms. The number of cyclic esters (lactones) is 1. The summed E-state index contributed by atoms with van der Waals surface area (Å²) in [6, 6.07) is 11.1. The Balaban J connectivity index is 1.81. The highest BCUT2D eigenvalue weighted by molar-refractivity contribution is 5.82. The Hall–Kier alpha value is -2.56. The number of nitrogens with one attached hydrogen (secondary N) is 1. The van der Waals surface area contributed by atoms with Gasteiger partial charge in [0.2, 0.25) is 0 Å². The molecule has 2 heterocycles. The minimum absolute atomic E-state index is 0.263. The summed E-state index contributed by atoms with van der Waals surface area (Å²) >= 11 is 0. The summed E-state index contributed by atoms with van der Waals surface area (Å²) in [6.07, 6.45) is 0.535. The Bertz CT molecular complexity index is 755. The second-order valence-corrected chi connectivity index (χ2v) is 6.46. The van der Waals surface area contributed by atoms with Crippen LogP contribution in [0.5, 0.6) is 5.75 Å². The standard InChI is InChI=1S/C19H22N2O3/c1-12-8-13(2)20-17(9-12)21-16-11-19(3,24-18(16)22)14-6-5-7-15(10-14)23-4/h5-10,16H,11H2,1-4H3,(H,20,21). The maximum atomic E-state index is 12.3. The Kier molecular flexibility index (Phi) is 4.18. The first-order chi connectivity index (χ1) is 11.4. The molecule has 5 heteroatoms. The smallest absolute Gasteiger partial charge is 0.329 e. The van der Waals surface area contributed by atoms with Gasteiger partial charge in [0.15, 0.2) is 0 Å². The molecule has 1 N–H and O–H groups in total. The molecule has 1 saturated heterocycles. The van der Waals surface area contributed by atoms with Gasteiger partial charge in [-0.3, -0.25) is 0 Å². The summed E-state index contributed by atoms with van der Waals surface area (Å²) in [4.78, 5) is 16.8. The highest BCUT2D eigenvalue weighted by Crippen LogP contribution is 2.38. The third-order valence-electron chi connectivity index (χ3n) is 4.30. The topological polar surface area (TPSA) is 60.5 Å². The van der Waals surface area contributed by atoms with Crippen LogP contribution in [-0.4, -0.2) is 24.1 Å². The van der Waals surface area contributed by atoms with Gasteiger partial charge in [0.05, 0.1) is 7.11 Å². The number of carbonyl (C=O) groups excluding carboxylic acids is 1. The number of nitrogens with zero attached hydrogens (tertiary/aromatic N) is 1. The van der Waals surface area contributed by atoms with Gasteiger partial charge in [-0.15, -0.1) is 0 Å². The number of benzene rings is 1. The van der Waals surface area contributed by atoms with E-state index in [9.17, 15) is 4.79 Å². The van der Waals surface area contributed by atoms with E-state index in [1.165, 1.54) is 0 Å². The fourth-order valence-electron chi connectivity index (χ4n) is 3.14. The number of aryl methyl sites for hydroxylation is 2. The van der Waals surface area contributed by atoms with Crippen molar-refractivity contribution in [2.24, 2.45) is 0 Å². The lowest BCUT2D eigenvalue weighted by molar-refractivity contribution is -0.148. The molecule has 2 unspecified atom stereocenters. The number of pyridine rings is 1. The van der Waals surface area contributed by atoms with Crippen molar-refractivity contribution in [3.8, 4) is 5.75 Å². The Labute approximate surface area is 142 Å². The number of rotatable bonds is 4. The minimum Gasteiger partial charge on any atom is -0.497 e. The van der Waals surface area contributed by atoms with Crippen molar-refractivity contribution >= 4 is 11.8 Å². The van der Waals surface area contributed by atoms with Gasteiger partial charge in [-0.2, -0.15) is 0 Å². The van der Waals surface area contributed by atoms with Crippen LogP contribution in [0.4, 0.5) is 5.82 Å². The maximum Gasteiger partial charge on any atom is 0.329 e. The average Bonchev–Trinajstić information content (AvgIpc) is 2.82. The number of methoxy groups -OCH3 is 1. The molecule has 0 aliphatic carbocycles. The largest absolute Gasteiger partial charge is 0.497 e. The van der Waals surface area contributed by atoms with E-state index in [2.05, 4.69) is 10.3 Å². The zero-order chi connectivity index (χ0) is 17.3. The predicted octanol–water partition coefficient (Wildman–Crippen LogP) is 3.35. The molecule has 0 amide bonds. The van der Waals surface area contributed by atoms with E-state index in [1.54, 1.807) is 7.11 Å². The van der Waals surface area contributed by atoms with E-state index in [0.717, 1.165) is 22.6 Å². The minimum atomic E-state index is -0.678. The van der Waals surface area contributed by atoms with Gasteiger partial charge in [0.25, 0.3) is 0 Å².